The summed E-state index contributed by atoms with van der Waals surface area (Å²) >= 11 is 1.32. The fraction of sp³-hybridized carbons (Fsp3) is 0.471. The number of thioether (sulfide) groups is 1. The van der Waals surface area contributed by atoms with Gasteiger partial charge in [0.05, 0.1) is 5.75 Å². The first-order valence-corrected chi connectivity index (χ1v) is 9.02. The summed E-state index contributed by atoms with van der Waals surface area (Å²) in [6.07, 6.45) is 4.66. The van der Waals surface area contributed by atoms with Gasteiger partial charge in [0.25, 0.3) is 5.22 Å². The van der Waals surface area contributed by atoms with E-state index in [9.17, 15) is 4.79 Å². The number of likely N-dealkylation sites (tertiary alicyclic amines) is 1. The minimum atomic E-state index is 0.159. The molecule has 1 aliphatic heterocycles. The summed E-state index contributed by atoms with van der Waals surface area (Å²) in [6.45, 7) is 3.77. The number of aromatic nitrogens is 2. The summed E-state index contributed by atoms with van der Waals surface area (Å²) in [6, 6.07) is 7.93. The average Bonchev–Trinajstić information content (AvgIpc) is 2.86. The minimum absolute atomic E-state index is 0.159. The third-order valence-electron chi connectivity index (χ3n) is 3.95. The van der Waals surface area contributed by atoms with Gasteiger partial charge in [-0.25, -0.2) is 0 Å². The molecule has 0 unspecified atom stereocenters. The molecule has 0 aliphatic carbocycles. The Balaban J connectivity index is 1.57. The summed E-state index contributed by atoms with van der Waals surface area (Å²) in [5.74, 6) is 1.01. The van der Waals surface area contributed by atoms with Crippen LogP contribution in [0.4, 0.5) is 0 Å². The molecule has 0 bridgehead atoms. The molecule has 1 fully saturated rings. The topological polar surface area (TPSA) is 59.2 Å². The Hall–Kier alpha value is -1.82. The first-order valence-electron chi connectivity index (χ1n) is 8.03. The molecule has 0 radical (unpaired) electrons. The third kappa shape index (κ3) is 4.34. The van der Waals surface area contributed by atoms with E-state index in [-0.39, 0.29) is 5.91 Å². The predicted molar refractivity (Wildman–Crippen MR) is 90.2 cm³/mol. The molecule has 0 atom stereocenters. The lowest BCUT2D eigenvalue weighted by Gasteiger charge is -2.19. The standard InChI is InChI=1S/C17H21N3O2S/c1-13-7-6-8-14(11-13)16-18-19-17(22-16)23-12-15(21)20-9-4-2-3-5-10-20/h6-8,11H,2-5,9-10,12H2,1H3. The van der Waals surface area contributed by atoms with E-state index >= 15 is 0 Å². The van der Waals surface area contributed by atoms with Gasteiger partial charge in [0.1, 0.15) is 0 Å². The van der Waals surface area contributed by atoms with Gasteiger partial charge in [-0.05, 0) is 31.9 Å². The third-order valence-corrected chi connectivity index (χ3v) is 4.75. The Morgan fingerprint density at radius 1 is 1.22 bits per heavy atom. The van der Waals surface area contributed by atoms with Crippen LogP contribution < -0.4 is 0 Å². The lowest BCUT2D eigenvalue weighted by Crippen LogP contribution is -2.33. The zero-order chi connectivity index (χ0) is 16.1. The van der Waals surface area contributed by atoms with Crippen LogP contribution in [0.3, 0.4) is 0 Å². The van der Waals surface area contributed by atoms with Crippen molar-refractivity contribution < 1.29 is 9.21 Å². The van der Waals surface area contributed by atoms with Gasteiger partial charge in [0, 0.05) is 18.7 Å². The molecule has 1 aromatic carbocycles. The molecule has 3 rings (SSSR count). The molecule has 5 nitrogen and oxygen atoms in total. The lowest BCUT2D eigenvalue weighted by atomic mass is 10.1. The van der Waals surface area contributed by atoms with Crippen LogP contribution in [0.1, 0.15) is 31.2 Å². The molecule has 1 aromatic heterocycles. The molecule has 0 N–H and O–H groups in total. The number of carbonyl (C=O) groups is 1. The fourth-order valence-corrected chi connectivity index (χ4v) is 3.36. The highest BCUT2D eigenvalue weighted by Crippen LogP contribution is 2.24. The first kappa shape index (κ1) is 16.1. The summed E-state index contributed by atoms with van der Waals surface area (Å²) in [5.41, 5.74) is 2.05. The number of amides is 1. The van der Waals surface area contributed by atoms with E-state index in [1.165, 1.54) is 24.6 Å². The molecule has 1 saturated heterocycles. The molecule has 1 aliphatic rings. The van der Waals surface area contributed by atoms with Gasteiger partial charge in [-0.15, -0.1) is 10.2 Å². The maximum absolute atomic E-state index is 12.3. The minimum Gasteiger partial charge on any atom is -0.411 e. The molecule has 2 heterocycles. The van der Waals surface area contributed by atoms with Crippen LogP contribution in [-0.4, -0.2) is 39.8 Å². The highest BCUT2D eigenvalue weighted by molar-refractivity contribution is 7.99. The number of nitrogens with zero attached hydrogens (tertiary/aromatic N) is 3. The summed E-state index contributed by atoms with van der Waals surface area (Å²) in [7, 11) is 0. The fourth-order valence-electron chi connectivity index (χ4n) is 2.70. The molecule has 1 amide bonds. The van der Waals surface area contributed by atoms with Crippen molar-refractivity contribution in [3.8, 4) is 11.5 Å². The maximum Gasteiger partial charge on any atom is 0.277 e. The van der Waals surface area contributed by atoms with E-state index in [1.807, 2.05) is 36.1 Å². The van der Waals surface area contributed by atoms with E-state index in [2.05, 4.69) is 10.2 Å². The van der Waals surface area contributed by atoms with Gasteiger partial charge < -0.3 is 9.32 Å². The largest absolute Gasteiger partial charge is 0.411 e. The van der Waals surface area contributed by atoms with Gasteiger partial charge in [0.15, 0.2) is 0 Å². The Labute approximate surface area is 140 Å². The Morgan fingerprint density at radius 2 is 2.00 bits per heavy atom. The summed E-state index contributed by atoms with van der Waals surface area (Å²) < 4.78 is 5.66. The lowest BCUT2D eigenvalue weighted by molar-refractivity contribution is -0.128. The van der Waals surface area contributed by atoms with Crippen LogP contribution in [-0.2, 0) is 4.79 Å². The highest BCUT2D eigenvalue weighted by Gasteiger charge is 2.17. The molecule has 122 valence electrons. The molecule has 23 heavy (non-hydrogen) atoms. The molecule has 2 aromatic rings. The van der Waals surface area contributed by atoms with Gasteiger partial charge in [0.2, 0.25) is 11.8 Å². The van der Waals surface area contributed by atoms with E-state index in [4.69, 9.17) is 4.42 Å². The maximum atomic E-state index is 12.3. The number of hydrogen-bond donors (Lipinski definition) is 0. The average molecular weight is 331 g/mol. The van der Waals surface area contributed by atoms with E-state index in [0.29, 0.717) is 16.9 Å². The summed E-state index contributed by atoms with van der Waals surface area (Å²) in [4.78, 5) is 14.2. The molecule has 6 heteroatoms. The second-order valence-electron chi connectivity index (χ2n) is 5.83. The second kappa shape index (κ2) is 7.64. The monoisotopic (exact) mass is 331 g/mol. The first-order chi connectivity index (χ1) is 11.2. The van der Waals surface area contributed by atoms with Crippen molar-refractivity contribution in [3.05, 3.63) is 29.8 Å². The molecule has 0 saturated carbocycles. The molecular formula is C17H21N3O2S. The van der Waals surface area contributed by atoms with Gasteiger partial charge in [-0.1, -0.05) is 42.3 Å². The quantitative estimate of drug-likeness (QED) is 0.802. The van der Waals surface area contributed by atoms with Crippen LogP contribution in [0.2, 0.25) is 0 Å². The number of hydrogen-bond acceptors (Lipinski definition) is 5. The Bertz CT molecular complexity index is 663. The number of rotatable bonds is 4. The number of carbonyl (C=O) groups excluding carboxylic acids is 1. The SMILES string of the molecule is Cc1cccc(-c2nnc(SCC(=O)N3CCCCCC3)o2)c1. The Kier molecular flexibility index (Phi) is 5.33. The van der Waals surface area contributed by atoms with Crippen LogP contribution in [0, 0.1) is 6.92 Å². The smallest absolute Gasteiger partial charge is 0.277 e. The van der Waals surface area contributed by atoms with Gasteiger partial charge >= 0.3 is 0 Å². The summed E-state index contributed by atoms with van der Waals surface area (Å²) in [5, 5.41) is 8.55. The molecular weight excluding hydrogens is 310 g/mol. The van der Waals surface area contributed by atoms with E-state index in [0.717, 1.165) is 37.1 Å². The normalized spacial score (nSPS) is 15.4. The molecule has 0 spiro atoms. The Morgan fingerprint density at radius 3 is 2.74 bits per heavy atom. The number of benzene rings is 1. The van der Waals surface area contributed by atoms with E-state index in [1.54, 1.807) is 0 Å². The van der Waals surface area contributed by atoms with Gasteiger partial charge in [-0.3, -0.25) is 4.79 Å². The zero-order valence-electron chi connectivity index (χ0n) is 13.3. The van der Waals surface area contributed by atoms with Crippen molar-refractivity contribution in [2.45, 2.75) is 37.8 Å². The van der Waals surface area contributed by atoms with Crippen molar-refractivity contribution >= 4 is 17.7 Å². The van der Waals surface area contributed by atoms with Crippen LogP contribution >= 0.6 is 11.8 Å². The number of aryl methyl sites for hydroxylation is 1. The van der Waals surface area contributed by atoms with Crippen molar-refractivity contribution in [3.63, 3.8) is 0 Å². The van der Waals surface area contributed by atoms with Crippen LogP contribution in [0.15, 0.2) is 33.9 Å². The second-order valence-corrected chi connectivity index (χ2v) is 6.75. The van der Waals surface area contributed by atoms with Crippen molar-refractivity contribution in [2.24, 2.45) is 0 Å². The van der Waals surface area contributed by atoms with Crippen molar-refractivity contribution in [2.75, 3.05) is 18.8 Å². The zero-order valence-corrected chi connectivity index (χ0v) is 14.1. The van der Waals surface area contributed by atoms with Crippen LogP contribution in [0.5, 0.6) is 0 Å². The predicted octanol–water partition coefficient (Wildman–Crippen LogP) is 3.54. The van der Waals surface area contributed by atoms with Crippen molar-refractivity contribution in [1.29, 1.82) is 0 Å². The van der Waals surface area contributed by atoms with Crippen molar-refractivity contribution in [1.82, 2.24) is 15.1 Å². The van der Waals surface area contributed by atoms with E-state index < -0.39 is 0 Å². The van der Waals surface area contributed by atoms with Gasteiger partial charge in [-0.2, -0.15) is 0 Å². The highest BCUT2D eigenvalue weighted by atomic mass is 32.2. The van der Waals surface area contributed by atoms with Crippen LogP contribution in [0.25, 0.3) is 11.5 Å².